The summed E-state index contributed by atoms with van der Waals surface area (Å²) in [6, 6.07) is 8.34. The van der Waals surface area contributed by atoms with Gasteiger partial charge in [0.05, 0.1) is 7.11 Å². The van der Waals surface area contributed by atoms with Gasteiger partial charge in [0.25, 0.3) is 0 Å². The highest BCUT2D eigenvalue weighted by atomic mass is 16.5. The van der Waals surface area contributed by atoms with E-state index in [0.717, 1.165) is 64.4 Å². The van der Waals surface area contributed by atoms with Gasteiger partial charge in [-0.3, -0.25) is 4.90 Å². The first-order valence-corrected chi connectivity index (χ1v) is 9.11. The van der Waals surface area contributed by atoms with Crippen molar-refractivity contribution in [2.45, 2.75) is 12.8 Å². The molecule has 0 bridgehead atoms. The lowest BCUT2D eigenvalue weighted by atomic mass is 10.1. The lowest BCUT2D eigenvalue weighted by molar-refractivity contribution is 0.140. The molecule has 140 valence electrons. The van der Waals surface area contributed by atoms with Gasteiger partial charge in [0.1, 0.15) is 5.75 Å². The number of nitrogens with zero attached hydrogens (tertiary/aromatic N) is 3. The highest BCUT2D eigenvalue weighted by Crippen LogP contribution is 2.12. The lowest BCUT2D eigenvalue weighted by Gasteiger charge is -2.34. The number of benzene rings is 1. The Hall–Kier alpha value is -1.79. The second kappa shape index (κ2) is 10.3. The molecule has 25 heavy (non-hydrogen) atoms. The van der Waals surface area contributed by atoms with Crippen LogP contribution in [-0.4, -0.2) is 87.7 Å². The van der Waals surface area contributed by atoms with Gasteiger partial charge in [0, 0.05) is 39.3 Å². The van der Waals surface area contributed by atoms with Gasteiger partial charge >= 0.3 is 6.03 Å². The minimum absolute atomic E-state index is 0.0774. The number of hydrogen-bond donors (Lipinski definition) is 1. The van der Waals surface area contributed by atoms with Crippen molar-refractivity contribution >= 4 is 6.03 Å². The van der Waals surface area contributed by atoms with Crippen LogP contribution in [0.25, 0.3) is 0 Å². The third kappa shape index (κ3) is 6.92. The largest absolute Gasteiger partial charge is 0.497 e. The molecule has 2 amide bonds. The van der Waals surface area contributed by atoms with Gasteiger partial charge in [-0.1, -0.05) is 12.1 Å². The number of carbonyl (C=O) groups excluding carboxylic acids is 1. The SMILES string of the molecule is COc1ccc(CCN2CCN(C(=O)NCCCN(C)C)CC2)cc1. The molecule has 1 aromatic rings. The van der Waals surface area contributed by atoms with Gasteiger partial charge in [0.2, 0.25) is 0 Å². The topological polar surface area (TPSA) is 48.1 Å². The van der Waals surface area contributed by atoms with Gasteiger partial charge in [-0.15, -0.1) is 0 Å². The third-order valence-corrected chi connectivity index (χ3v) is 4.59. The first kappa shape index (κ1) is 19.5. The van der Waals surface area contributed by atoms with Crippen LogP contribution in [0.15, 0.2) is 24.3 Å². The van der Waals surface area contributed by atoms with E-state index in [1.54, 1.807) is 7.11 Å². The Morgan fingerprint density at radius 2 is 1.84 bits per heavy atom. The third-order valence-electron chi connectivity index (χ3n) is 4.59. The van der Waals surface area contributed by atoms with Crippen molar-refractivity contribution in [3.8, 4) is 5.75 Å². The van der Waals surface area contributed by atoms with E-state index in [-0.39, 0.29) is 6.03 Å². The van der Waals surface area contributed by atoms with Gasteiger partial charge in [-0.05, 0) is 51.2 Å². The molecular formula is C19H32N4O2. The molecule has 2 rings (SSSR count). The molecule has 0 spiro atoms. The number of methoxy groups -OCH3 is 1. The summed E-state index contributed by atoms with van der Waals surface area (Å²) in [7, 11) is 5.78. The van der Waals surface area contributed by atoms with Crippen molar-refractivity contribution in [2.75, 3.05) is 67.0 Å². The molecule has 1 fully saturated rings. The Morgan fingerprint density at radius 1 is 1.16 bits per heavy atom. The molecule has 1 N–H and O–H groups in total. The maximum atomic E-state index is 12.2. The molecule has 0 saturated carbocycles. The number of rotatable bonds is 8. The van der Waals surface area contributed by atoms with Crippen molar-refractivity contribution in [1.29, 1.82) is 0 Å². The number of ether oxygens (including phenoxy) is 1. The average Bonchev–Trinajstić information content (AvgIpc) is 2.64. The molecule has 1 aliphatic heterocycles. The lowest BCUT2D eigenvalue weighted by Crippen LogP contribution is -2.52. The molecule has 1 aromatic carbocycles. The molecule has 0 radical (unpaired) electrons. The van der Waals surface area contributed by atoms with Crippen LogP contribution >= 0.6 is 0 Å². The van der Waals surface area contributed by atoms with Crippen LogP contribution in [0.2, 0.25) is 0 Å². The Kier molecular flexibility index (Phi) is 8.01. The average molecular weight is 348 g/mol. The second-order valence-electron chi connectivity index (χ2n) is 6.82. The van der Waals surface area contributed by atoms with E-state index < -0.39 is 0 Å². The Labute approximate surface area is 151 Å². The fourth-order valence-electron chi connectivity index (χ4n) is 2.96. The summed E-state index contributed by atoms with van der Waals surface area (Å²) in [5, 5.41) is 3.02. The van der Waals surface area contributed by atoms with Crippen molar-refractivity contribution < 1.29 is 9.53 Å². The predicted molar refractivity (Wildman–Crippen MR) is 101 cm³/mol. The number of piperazine rings is 1. The number of carbonyl (C=O) groups is 1. The van der Waals surface area contributed by atoms with Gasteiger partial charge in [-0.2, -0.15) is 0 Å². The summed E-state index contributed by atoms with van der Waals surface area (Å²) >= 11 is 0. The summed E-state index contributed by atoms with van der Waals surface area (Å²) in [6.45, 7) is 6.28. The van der Waals surface area contributed by atoms with E-state index in [4.69, 9.17) is 4.74 Å². The highest BCUT2D eigenvalue weighted by molar-refractivity contribution is 5.74. The van der Waals surface area contributed by atoms with Crippen LogP contribution in [0.3, 0.4) is 0 Å². The van der Waals surface area contributed by atoms with E-state index in [1.165, 1.54) is 5.56 Å². The molecule has 1 saturated heterocycles. The van der Waals surface area contributed by atoms with Crippen LogP contribution in [0, 0.1) is 0 Å². The monoisotopic (exact) mass is 348 g/mol. The zero-order valence-electron chi connectivity index (χ0n) is 15.8. The number of hydrogen-bond acceptors (Lipinski definition) is 4. The minimum Gasteiger partial charge on any atom is -0.497 e. The van der Waals surface area contributed by atoms with Crippen molar-refractivity contribution in [1.82, 2.24) is 20.0 Å². The van der Waals surface area contributed by atoms with Gasteiger partial charge < -0.3 is 19.9 Å². The molecule has 0 aliphatic carbocycles. The van der Waals surface area contributed by atoms with Crippen LogP contribution in [0.4, 0.5) is 4.79 Å². The normalized spacial score (nSPS) is 15.4. The van der Waals surface area contributed by atoms with Crippen molar-refractivity contribution in [2.24, 2.45) is 0 Å². The summed E-state index contributed by atoms with van der Waals surface area (Å²) < 4.78 is 5.19. The molecule has 1 heterocycles. The van der Waals surface area contributed by atoms with Crippen molar-refractivity contribution in [3.63, 3.8) is 0 Å². The summed E-state index contributed by atoms with van der Waals surface area (Å²) in [6.07, 6.45) is 2.02. The minimum atomic E-state index is 0.0774. The summed E-state index contributed by atoms with van der Waals surface area (Å²) in [5.41, 5.74) is 1.32. The quantitative estimate of drug-likeness (QED) is 0.724. The standard InChI is InChI=1S/C19H32N4O2/c1-21(2)11-4-10-20-19(24)23-15-13-22(14-16-23)12-9-17-5-7-18(25-3)8-6-17/h5-8H,4,9-16H2,1-3H3,(H,20,24). The molecular weight excluding hydrogens is 316 g/mol. The van der Waals surface area contributed by atoms with Gasteiger partial charge in [-0.25, -0.2) is 4.79 Å². The summed E-state index contributed by atoms with van der Waals surface area (Å²) in [5.74, 6) is 0.897. The fraction of sp³-hybridized carbons (Fsp3) is 0.632. The molecule has 0 atom stereocenters. The van der Waals surface area contributed by atoms with Crippen LogP contribution in [0.5, 0.6) is 5.75 Å². The second-order valence-corrected chi connectivity index (χ2v) is 6.82. The van der Waals surface area contributed by atoms with E-state index in [2.05, 4.69) is 27.2 Å². The number of amides is 2. The highest BCUT2D eigenvalue weighted by Gasteiger charge is 2.20. The fourth-order valence-corrected chi connectivity index (χ4v) is 2.96. The van der Waals surface area contributed by atoms with E-state index in [9.17, 15) is 4.79 Å². The number of urea groups is 1. The molecule has 0 unspecified atom stereocenters. The van der Waals surface area contributed by atoms with Crippen LogP contribution in [0.1, 0.15) is 12.0 Å². The van der Waals surface area contributed by atoms with Crippen LogP contribution < -0.4 is 10.1 Å². The smallest absolute Gasteiger partial charge is 0.317 e. The molecule has 6 nitrogen and oxygen atoms in total. The molecule has 0 aromatic heterocycles. The van der Waals surface area contributed by atoms with Crippen molar-refractivity contribution in [3.05, 3.63) is 29.8 Å². The first-order valence-electron chi connectivity index (χ1n) is 9.11. The van der Waals surface area contributed by atoms with E-state index in [1.807, 2.05) is 31.1 Å². The number of nitrogens with one attached hydrogen (secondary N) is 1. The van der Waals surface area contributed by atoms with E-state index in [0.29, 0.717) is 0 Å². The van der Waals surface area contributed by atoms with E-state index >= 15 is 0 Å². The zero-order chi connectivity index (χ0) is 18.1. The Morgan fingerprint density at radius 3 is 2.44 bits per heavy atom. The summed E-state index contributed by atoms with van der Waals surface area (Å²) in [4.78, 5) is 18.7. The Bertz CT molecular complexity index is 511. The zero-order valence-corrected chi connectivity index (χ0v) is 15.8. The molecule has 6 heteroatoms. The predicted octanol–water partition coefficient (Wildman–Crippen LogP) is 1.52. The van der Waals surface area contributed by atoms with Gasteiger partial charge in [0.15, 0.2) is 0 Å². The Balaban J connectivity index is 1.62. The van der Waals surface area contributed by atoms with Crippen LogP contribution in [-0.2, 0) is 6.42 Å². The maximum absolute atomic E-state index is 12.2. The molecule has 1 aliphatic rings. The first-order chi connectivity index (χ1) is 12.1. The maximum Gasteiger partial charge on any atom is 0.317 e.